The van der Waals surface area contributed by atoms with Crippen molar-refractivity contribution in [3.63, 3.8) is 0 Å². The zero-order valence-corrected chi connectivity index (χ0v) is 7.18. The molecule has 0 bridgehead atoms. The van der Waals surface area contributed by atoms with Gasteiger partial charge in [0.15, 0.2) is 11.2 Å². The van der Waals surface area contributed by atoms with E-state index >= 15 is 0 Å². The van der Waals surface area contributed by atoms with Crippen LogP contribution in [0.2, 0.25) is 0 Å². The van der Waals surface area contributed by atoms with Crippen LogP contribution in [-0.2, 0) is 0 Å². The normalized spacial score (nSPS) is 11.1. The maximum atomic E-state index is 11.4. The number of benzene rings is 1. The average Bonchev–Trinajstić information content (AvgIpc) is 2.17. The fourth-order valence-corrected chi connectivity index (χ4v) is 1.25. The minimum absolute atomic E-state index is 0.145. The molecule has 1 aromatic heterocycles. The summed E-state index contributed by atoms with van der Waals surface area (Å²) in [5, 5.41) is 18.1. The molecule has 0 aliphatic rings. The summed E-state index contributed by atoms with van der Waals surface area (Å²) < 4.78 is 5.10. The molecule has 4 nitrogen and oxygen atoms in total. The van der Waals surface area contributed by atoms with Crippen LogP contribution in [0.3, 0.4) is 0 Å². The molecule has 0 spiro atoms. The smallest absolute Gasteiger partial charge is 0.212 e. The molecule has 2 N–H and O–H groups in total. The molecule has 0 radical (unpaired) electrons. The molecule has 0 fully saturated rings. The number of aliphatic hydroxyl groups is 2. The van der Waals surface area contributed by atoms with Crippen LogP contribution < -0.4 is 5.43 Å². The standard InChI is InChI=1S/C10H8O4/c11-7-5-9(10(12)13)14-8-4-2-1-3-6(7)8/h1-5,10,12-13H. The van der Waals surface area contributed by atoms with Crippen LogP contribution in [0.5, 0.6) is 0 Å². The lowest BCUT2D eigenvalue weighted by Gasteiger charge is -2.03. The number of aliphatic hydroxyl groups excluding tert-OH is 1. The average molecular weight is 192 g/mol. The summed E-state index contributed by atoms with van der Waals surface area (Å²) in [5.41, 5.74) is 0.0676. The first kappa shape index (κ1) is 8.93. The molecule has 1 aromatic carbocycles. The molecule has 0 unspecified atom stereocenters. The maximum absolute atomic E-state index is 11.4. The Hall–Kier alpha value is -1.65. The second-order valence-corrected chi connectivity index (χ2v) is 2.88. The molecule has 0 atom stereocenters. The molecular weight excluding hydrogens is 184 g/mol. The van der Waals surface area contributed by atoms with Crippen molar-refractivity contribution in [2.75, 3.05) is 0 Å². The largest absolute Gasteiger partial charge is 0.455 e. The lowest BCUT2D eigenvalue weighted by atomic mass is 10.2. The van der Waals surface area contributed by atoms with E-state index in [1.54, 1.807) is 24.3 Å². The van der Waals surface area contributed by atoms with Gasteiger partial charge in [-0.3, -0.25) is 4.79 Å². The van der Waals surface area contributed by atoms with Gasteiger partial charge in [-0.15, -0.1) is 0 Å². The Bertz CT molecular complexity index is 513. The van der Waals surface area contributed by atoms with Crippen LogP contribution in [0.25, 0.3) is 11.0 Å². The second-order valence-electron chi connectivity index (χ2n) is 2.88. The molecule has 14 heavy (non-hydrogen) atoms. The first-order chi connectivity index (χ1) is 6.68. The van der Waals surface area contributed by atoms with Crippen LogP contribution >= 0.6 is 0 Å². The van der Waals surface area contributed by atoms with Crippen LogP contribution in [0.15, 0.2) is 39.5 Å². The number of rotatable bonds is 1. The quantitative estimate of drug-likeness (QED) is 0.655. The van der Waals surface area contributed by atoms with Crippen molar-refractivity contribution in [2.24, 2.45) is 0 Å². The predicted molar refractivity (Wildman–Crippen MR) is 49.7 cm³/mol. The minimum Gasteiger partial charge on any atom is -0.455 e. The van der Waals surface area contributed by atoms with Crippen LogP contribution in [-0.4, -0.2) is 10.2 Å². The highest BCUT2D eigenvalue weighted by Crippen LogP contribution is 2.15. The van der Waals surface area contributed by atoms with E-state index in [0.29, 0.717) is 11.0 Å². The highest BCUT2D eigenvalue weighted by Gasteiger charge is 2.09. The Morgan fingerprint density at radius 3 is 2.64 bits per heavy atom. The van der Waals surface area contributed by atoms with Gasteiger partial charge in [-0.05, 0) is 12.1 Å². The van der Waals surface area contributed by atoms with Crippen molar-refractivity contribution >= 4 is 11.0 Å². The molecule has 0 amide bonds. The molecule has 0 aliphatic carbocycles. The second kappa shape index (κ2) is 3.25. The van der Waals surface area contributed by atoms with E-state index in [2.05, 4.69) is 0 Å². The van der Waals surface area contributed by atoms with Gasteiger partial charge >= 0.3 is 0 Å². The van der Waals surface area contributed by atoms with E-state index in [-0.39, 0.29) is 11.2 Å². The molecule has 72 valence electrons. The predicted octanol–water partition coefficient (Wildman–Crippen LogP) is 0.776. The third-order valence-electron chi connectivity index (χ3n) is 1.91. The summed E-state index contributed by atoms with van der Waals surface area (Å²) in [4.78, 5) is 11.4. The summed E-state index contributed by atoms with van der Waals surface area (Å²) in [6.45, 7) is 0. The zero-order chi connectivity index (χ0) is 10.1. The van der Waals surface area contributed by atoms with Gasteiger partial charge in [0.25, 0.3) is 0 Å². The zero-order valence-electron chi connectivity index (χ0n) is 7.18. The van der Waals surface area contributed by atoms with E-state index in [9.17, 15) is 4.79 Å². The molecule has 4 heteroatoms. The van der Waals surface area contributed by atoms with Crippen molar-refractivity contribution in [1.29, 1.82) is 0 Å². The summed E-state index contributed by atoms with van der Waals surface area (Å²) in [5.74, 6) is -0.145. The van der Waals surface area contributed by atoms with E-state index < -0.39 is 6.29 Å². The highest BCUT2D eigenvalue weighted by atomic mass is 16.5. The van der Waals surface area contributed by atoms with Crippen LogP contribution in [0.4, 0.5) is 0 Å². The Morgan fingerprint density at radius 2 is 1.93 bits per heavy atom. The summed E-state index contributed by atoms with van der Waals surface area (Å²) >= 11 is 0. The first-order valence-electron chi connectivity index (χ1n) is 4.07. The van der Waals surface area contributed by atoms with Gasteiger partial charge in [0.1, 0.15) is 5.58 Å². The van der Waals surface area contributed by atoms with Crippen molar-refractivity contribution in [3.05, 3.63) is 46.3 Å². The lowest BCUT2D eigenvalue weighted by Crippen LogP contribution is -2.05. The molecule has 1 heterocycles. The summed E-state index contributed by atoms with van der Waals surface area (Å²) in [6.07, 6.45) is -1.76. The molecule has 2 rings (SSSR count). The number of hydrogen-bond donors (Lipinski definition) is 2. The van der Waals surface area contributed by atoms with E-state index in [4.69, 9.17) is 14.6 Å². The first-order valence-corrected chi connectivity index (χ1v) is 4.07. The van der Waals surface area contributed by atoms with Gasteiger partial charge in [-0.25, -0.2) is 0 Å². The maximum Gasteiger partial charge on any atom is 0.212 e. The van der Waals surface area contributed by atoms with Gasteiger partial charge < -0.3 is 14.6 Å². The lowest BCUT2D eigenvalue weighted by molar-refractivity contribution is -0.0579. The van der Waals surface area contributed by atoms with Crippen molar-refractivity contribution < 1.29 is 14.6 Å². The molecule has 0 saturated heterocycles. The topological polar surface area (TPSA) is 70.7 Å². The molecular formula is C10H8O4. The fraction of sp³-hybridized carbons (Fsp3) is 0.100. The third-order valence-corrected chi connectivity index (χ3v) is 1.91. The van der Waals surface area contributed by atoms with Crippen LogP contribution in [0.1, 0.15) is 12.1 Å². The van der Waals surface area contributed by atoms with Crippen molar-refractivity contribution in [2.45, 2.75) is 6.29 Å². The minimum atomic E-state index is -1.76. The van der Waals surface area contributed by atoms with Crippen molar-refractivity contribution in [3.8, 4) is 0 Å². The Kier molecular flexibility index (Phi) is 2.07. The van der Waals surface area contributed by atoms with Gasteiger partial charge in [-0.1, -0.05) is 12.1 Å². The molecule has 0 aliphatic heterocycles. The molecule has 2 aromatic rings. The third kappa shape index (κ3) is 1.41. The van der Waals surface area contributed by atoms with E-state index in [0.717, 1.165) is 6.07 Å². The van der Waals surface area contributed by atoms with E-state index in [1.165, 1.54) is 0 Å². The fourth-order valence-electron chi connectivity index (χ4n) is 1.25. The Balaban J connectivity index is 2.79. The van der Waals surface area contributed by atoms with Gasteiger partial charge in [0, 0.05) is 6.07 Å². The van der Waals surface area contributed by atoms with Gasteiger partial charge in [0.2, 0.25) is 6.29 Å². The Labute approximate surface area is 79.0 Å². The number of para-hydroxylation sites is 1. The summed E-state index contributed by atoms with van der Waals surface area (Å²) in [7, 11) is 0. The Morgan fingerprint density at radius 1 is 1.21 bits per heavy atom. The summed E-state index contributed by atoms with van der Waals surface area (Å²) in [6, 6.07) is 7.72. The number of fused-ring (bicyclic) bond motifs is 1. The van der Waals surface area contributed by atoms with Crippen molar-refractivity contribution in [1.82, 2.24) is 0 Å². The van der Waals surface area contributed by atoms with E-state index in [1.807, 2.05) is 0 Å². The van der Waals surface area contributed by atoms with Gasteiger partial charge in [-0.2, -0.15) is 0 Å². The monoisotopic (exact) mass is 192 g/mol. The van der Waals surface area contributed by atoms with Crippen LogP contribution in [0, 0.1) is 0 Å². The van der Waals surface area contributed by atoms with Gasteiger partial charge in [0.05, 0.1) is 5.39 Å². The molecule has 0 saturated carbocycles. The SMILES string of the molecule is O=c1cc(C(O)O)oc2ccccc12. The number of hydrogen-bond acceptors (Lipinski definition) is 4. The highest BCUT2D eigenvalue weighted by molar-refractivity contribution is 5.76.